The summed E-state index contributed by atoms with van der Waals surface area (Å²) >= 11 is 1.46. The first-order valence-electron chi connectivity index (χ1n) is 3.47. The monoisotopic (exact) mass is 165 g/mol. The molecule has 0 aliphatic rings. The van der Waals surface area contributed by atoms with E-state index in [0.717, 1.165) is 22.3 Å². The van der Waals surface area contributed by atoms with Crippen LogP contribution in [0.1, 0.15) is 12.6 Å². The highest BCUT2D eigenvalue weighted by atomic mass is 32.1. The highest BCUT2D eigenvalue weighted by molar-refractivity contribution is 7.13. The Kier molecular flexibility index (Phi) is 1.54. The van der Waals surface area contributed by atoms with E-state index in [9.17, 15) is 0 Å². The summed E-state index contributed by atoms with van der Waals surface area (Å²) in [5, 5.41) is 8.02. The van der Waals surface area contributed by atoms with Crippen LogP contribution in [0.25, 0.3) is 10.2 Å². The van der Waals surface area contributed by atoms with Gasteiger partial charge in [-0.1, -0.05) is 6.92 Å². The van der Waals surface area contributed by atoms with Crippen molar-refractivity contribution in [1.29, 1.82) is 0 Å². The summed E-state index contributed by atoms with van der Waals surface area (Å²) < 4.78 is 5.14. The first-order chi connectivity index (χ1) is 5.40. The lowest BCUT2D eigenvalue weighted by molar-refractivity contribution is 0.946. The molecule has 0 bridgehead atoms. The van der Waals surface area contributed by atoms with Crippen molar-refractivity contribution >= 4 is 21.7 Å². The molecular weight excluding hydrogens is 158 g/mol. The number of fused-ring (bicyclic) bond motifs is 1. The van der Waals surface area contributed by atoms with Crippen LogP contribution in [0.4, 0.5) is 0 Å². The molecule has 2 aromatic rings. The molecule has 0 N–H and O–H groups in total. The maximum absolute atomic E-state index is 4.02. The van der Waals surface area contributed by atoms with Crippen LogP contribution in [0.3, 0.4) is 0 Å². The van der Waals surface area contributed by atoms with Gasteiger partial charge >= 0.3 is 0 Å². The van der Waals surface area contributed by atoms with Gasteiger partial charge in [0.2, 0.25) is 0 Å². The number of aryl methyl sites for hydroxylation is 1. The van der Waals surface area contributed by atoms with Crippen LogP contribution in [-0.4, -0.2) is 14.6 Å². The van der Waals surface area contributed by atoms with Gasteiger partial charge in [0, 0.05) is 0 Å². The number of aromatic nitrogens is 3. The van der Waals surface area contributed by atoms with E-state index in [0.29, 0.717) is 0 Å². The Bertz CT molecular complexity index is 368. The first kappa shape index (κ1) is 6.67. The standard InChI is InChI=1S/C7H7N3S/c1-2-5-3-7-6(10-9-5)4-8-11-7/h3-4H,2H2,1H3. The predicted octanol–water partition coefficient (Wildman–Crippen LogP) is 1.65. The molecule has 0 atom stereocenters. The van der Waals surface area contributed by atoms with Crippen molar-refractivity contribution in [3.63, 3.8) is 0 Å². The lowest BCUT2D eigenvalue weighted by Gasteiger charge is -1.91. The fraction of sp³-hybridized carbons (Fsp3) is 0.286. The molecule has 0 radical (unpaired) electrons. The van der Waals surface area contributed by atoms with Crippen LogP contribution in [-0.2, 0) is 6.42 Å². The third kappa shape index (κ3) is 1.09. The van der Waals surface area contributed by atoms with Gasteiger partial charge in [-0.15, -0.1) is 5.10 Å². The Morgan fingerprint density at radius 3 is 3.18 bits per heavy atom. The topological polar surface area (TPSA) is 38.7 Å². The van der Waals surface area contributed by atoms with Crippen molar-refractivity contribution in [2.75, 3.05) is 0 Å². The van der Waals surface area contributed by atoms with E-state index in [2.05, 4.69) is 21.5 Å². The molecule has 4 heteroatoms. The molecule has 56 valence electrons. The Morgan fingerprint density at radius 2 is 2.36 bits per heavy atom. The molecule has 3 nitrogen and oxygen atoms in total. The van der Waals surface area contributed by atoms with E-state index in [1.165, 1.54) is 11.5 Å². The fourth-order valence-electron chi connectivity index (χ4n) is 0.890. The molecule has 2 heterocycles. The van der Waals surface area contributed by atoms with E-state index in [1.54, 1.807) is 6.20 Å². The molecule has 0 aliphatic carbocycles. The summed E-state index contributed by atoms with van der Waals surface area (Å²) in [7, 11) is 0. The second kappa shape index (κ2) is 2.54. The Balaban J connectivity index is 2.67. The van der Waals surface area contributed by atoms with Crippen molar-refractivity contribution < 1.29 is 0 Å². The van der Waals surface area contributed by atoms with Gasteiger partial charge in [0.05, 0.1) is 16.6 Å². The summed E-state index contributed by atoms with van der Waals surface area (Å²) in [5.74, 6) is 0. The quantitative estimate of drug-likeness (QED) is 0.645. The number of hydrogen-bond acceptors (Lipinski definition) is 4. The van der Waals surface area contributed by atoms with Crippen molar-refractivity contribution in [3.05, 3.63) is 18.0 Å². The zero-order valence-electron chi connectivity index (χ0n) is 6.11. The van der Waals surface area contributed by atoms with E-state index < -0.39 is 0 Å². The van der Waals surface area contributed by atoms with Gasteiger partial charge in [0.25, 0.3) is 0 Å². The molecule has 0 unspecified atom stereocenters. The second-order valence-electron chi connectivity index (χ2n) is 2.26. The minimum absolute atomic E-state index is 0.896. The van der Waals surface area contributed by atoms with E-state index >= 15 is 0 Å². The Hall–Kier alpha value is -1.03. The second-order valence-corrected chi connectivity index (χ2v) is 3.10. The first-order valence-corrected chi connectivity index (χ1v) is 4.24. The summed E-state index contributed by atoms with van der Waals surface area (Å²) in [6, 6.07) is 2.04. The lowest BCUT2D eigenvalue weighted by atomic mass is 10.3. The van der Waals surface area contributed by atoms with Gasteiger partial charge in [-0.3, -0.25) is 0 Å². The molecule has 0 spiro atoms. The average molecular weight is 165 g/mol. The zero-order chi connectivity index (χ0) is 7.68. The Morgan fingerprint density at radius 1 is 1.45 bits per heavy atom. The molecule has 11 heavy (non-hydrogen) atoms. The molecule has 0 saturated carbocycles. The third-order valence-electron chi connectivity index (χ3n) is 1.52. The largest absolute Gasteiger partial charge is 0.198 e. The molecule has 2 rings (SSSR count). The van der Waals surface area contributed by atoms with Crippen molar-refractivity contribution in [3.8, 4) is 0 Å². The highest BCUT2D eigenvalue weighted by Gasteiger charge is 1.98. The normalized spacial score (nSPS) is 10.6. The number of hydrogen-bond donors (Lipinski definition) is 0. The molecule has 0 amide bonds. The maximum Gasteiger partial charge on any atom is 0.124 e. The third-order valence-corrected chi connectivity index (χ3v) is 2.26. The minimum atomic E-state index is 0.896. The Labute approximate surface area is 68.3 Å². The SMILES string of the molecule is CCc1cc2sncc2nn1. The summed E-state index contributed by atoms with van der Waals surface area (Å²) in [4.78, 5) is 0. The molecule has 0 saturated heterocycles. The summed E-state index contributed by atoms with van der Waals surface area (Å²) in [6.07, 6.45) is 2.67. The van der Waals surface area contributed by atoms with Crippen LogP contribution < -0.4 is 0 Å². The summed E-state index contributed by atoms with van der Waals surface area (Å²) in [5.41, 5.74) is 1.92. The van der Waals surface area contributed by atoms with E-state index in [4.69, 9.17) is 0 Å². The van der Waals surface area contributed by atoms with Gasteiger partial charge in [-0.25, -0.2) is 0 Å². The molecule has 0 aliphatic heterocycles. The van der Waals surface area contributed by atoms with Crippen LogP contribution in [0.2, 0.25) is 0 Å². The van der Waals surface area contributed by atoms with Gasteiger partial charge in [-0.05, 0) is 24.0 Å². The zero-order valence-corrected chi connectivity index (χ0v) is 6.93. The molecular formula is C7H7N3S. The smallest absolute Gasteiger partial charge is 0.124 e. The van der Waals surface area contributed by atoms with Crippen LogP contribution in [0.15, 0.2) is 12.3 Å². The molecule has 0 aromatic carbocycles. The van der Waals surface area contributed by atoms with Crippen LogP contribution in [0, 0.1) is 0 Å². The minimum Gasteiger partial charge on any atom is -0.198 e. The van der Waals surface area contributed by atoms with E-state index in [1.807, 2.05) is 6.07 Å². The van der Waals surface area contributed by atoms with Gasteiger partial charge in [0.1, 0.15) is 5.52 Å². The molecule has 2 aromatic heterocycles. The average Bonchev–Trinajstić information content (AvgIpc) is 2.50. The molecule has 0 fully saturated rings. The van der Waals surface area contributed by atoms with Crippen molar-refractivity contribution in [2.24, 2.45) is 0 Å². The van der Waals surface area contributed by atoms with Crippen molar-refractivity contribution in [1.82, 2.24) is 14.6 Å². The van der Waals surface area contributed by atoms with Crippen LogP contribution in [0.5, 0.6) is 0 Å². The fourth-order valence-corrected chi connectivity index (χ4v) is 1.53. The van der Waals surface area contributed by atoms with Crippen LogP contribution >= 0.6 is 11.5 Å². The maximum atomic E-state index is 4.02. The van der Waals surface area contributed by atoms with Gasteiger partial charge in [0.15, 0.2) is 0 Å². The van der Waals surface area contributed by atoms with Gasteiger partial charge in [-0.2, -0.15) is 9.47 Å². The lowest BCUT2D eigenvalue weighted by Crippen LogP contribution is -1.88. The highest BCUT2D eigenvalue weighted by Crippen LogP contribution is 2.14. The van der Waals surface area contributed by atoms with Crippen molar-refractivity contribution in [2.45, 2.75) is 13.3 Å². The number of nitrogens with zero attached hydrogens (tertiary/aromatic N) is 3. The van der Waals surface area contributed by atoms with E-state index in [-0.39, 0.29) is 0 Å². The summed E-state index contributed by atoms with van der Waals surface area (Å²) in [6.45, 7) is 2.07. The number of rotatable bonds is 1. The predicted molar refractivity (Wildman–Crippen MR) is 44.6 cm³/mol. The van der Waals surface area contributed by atoms with Gasteiger partial charge < -0.3 is 0 Å².